The topological polar surface area (TPSA) is 105 Å². The van der Waals surface area contributed by atoms with Crippen molar-refractivity contribution in [3.05, 3.63) is 90.0 Å². The molecule has 186 valence electrons. The van der Waals surface area contributed by atoms with Crippen LogP contribution in [0.5, 0.6) is 0 Å². The third kappa shape index (κ3) is 4.24. The first-order valence-electron chi connectivity index (χ1n) is 12.7. The Morgan fingerprint density at radius 1 is 1.03 bits per heavy atom. The van der Waals surface area contributed by atoms with Crippen molar-refractivity contribution in [3.8, 4) is 0 Å². The van der Waals surface area contributed by atoms with Crippen molar-refractivity contribution in [1.29, 1.82) is 0 Å². The van der Waals surface area contributed by atoms with Gasteiger partial charge in [-0.2, -0.15) is 10.8 Å². The van der Waals surface area contributed by atoms with E-state index in [1.807, 2.05) is 48.8 Å². The van der Waals surface area contributed by atoms with Crippen molar-refractivity contribution >= 4 is 40.4 Å². The predicted molar refractivity (Wildman–Crippen MR) is 147 cm³/mol. The first-order chi connectivity index (χ1) is 18.0. The number of nitrogens with one attached hydrogen (secondary N) is 2. The Kier molecular flexibility index (Phi) is 5.90. The lowest BCUT2D eigenvalue weighted by Crippen LogP contribution is -2.53. The van der Waals surface area contributed by atoms with E-state index < -0.39 is 0 Å². The first kappa shape index (κ1) is 23.3. The van der Waals surface area contributed by atoms with Crippen molar-refractivity contribution in [1.82, 2.24) is 10.3 Å². The van der Waals surface area contributed by atoms with Crippen molar-refractivity contribution in [2.45, 2.75) is 25.7 Å². The second kappa shape index (κ2) is 9.38. The molecule has 3 aromatic rings. The van der Waals surface area contributed by atoms with Gasteiger partial charge in [-0.1, -0.05) is 24.3 Å². The standard InChI is InChI=1S/C29H29N7O/c1-31-29(37)21-10-8-20(9-11-21)27-25-18-32-15-16-36(25,30)28(35-27)22-12-7-19-13-14-26(34-24(19)17-22)33-23-5-3-2-4-6-23/h2-7,12-18,20-21H,8-11,30H2,1H3,(H-,31,33,34,37)/p+1. The van der Waals surface area contributed by atoms with Gasteiger partial charge in [-0.3, -0.25) is 9.79 Å². The van der Waals surface area contributed by atoms with Gasteiger partial charge in [0, 0.05) is 30.0 Å². The molecule has 4 N–H and O–H groups in total. The average Bonchev–Trinajstić information content (AvgIpc) is 3.26. The number of amidine groups is 1. The van der Waals surface area contributed by atoms with Crippen LogP contribution in [0.3, 0.4) is 0 Å². The number of nitrogens with zero attached hydrogens (tertiary/aromatic N) is 4. The molecule has 1 unspecified atom stereocenters. The number of aromatic nitrogens is 1. The van der Waals surface area contributed by atoms with Crippen LogP contribution in [0.4, 0.5) is 11.5 Å². The highest BCUT2D eigenvalue weighted by atomic mass is 16.1. The molecule has 1 aliphatic carbocycles. The molecule has 8 heteroatoms. The van der Waals surface area contributed by atoms with E-state index in [0.717, 1.165) is 70.9 Å². The van der Waals surface area contributed by atoms with E-state index in [0.29, 0.717) is 0 Å². The van der Waals surface area contributed by atoms with Crippen LogP contribution in [0, 0.1) is 11.8 Å². The lowest BCUT2D eigenvalue weighted by Gasteiger charge is -2.28. The Hall–Kier alpha value is -4.14. The van der Waals surface area contributed by atoms with E-state index in [9.17, 15) is 4.79 Å². The van der Waals surface area contributed by atoms with Crippen LogP contribution in [0.1, 0.15) is 31.2 Å². The van der Waals surface area contributed by atoms with Crippen molar-refractivity contribution in [2.75, 3.05) is 12.4 Å². The molecule has 0 spiro atoms. The minimum atomic E-state index is -0.0122. The van der Waals surface area contributed by atoms with Gasteiger partial charge in [-0.05, 0) is 62.1 Å². The van der Waals surface area contributed by atoms with Gasteiger partial charge in [-0.25, -0.2) is 4.98 Å². The van der Waals surface area contributed by atoms with Crippen molar-refractivity contribution in [3.63, 3.8) is 0 Å². The number of para-hydroxylation sites is 1. The molecule has 8 nitrogen and oxygen atoms in total. The molecular weight excluding hydrogens is 462 g/mol. The first-order valence-corrected chi connectivity index (χ1v) is 12.7. The van der Waals surface area contributed by atoms with Crippen LogP contribution < -0.4 is 16.5 Å². The third-order valence-electron chi connectivity index (χ3n) is 7.55. The SMILES string of the molecule is CNC(=O)C1CCC(C2=C3C=NC=C[N+]3(N)C(c3ccc4ccc(Nc5ccccc5)nc4c3)=N2)CC1. The number of aliphatic imine (C=N–C) groups is 2. The van der Waals surface area contributed by atoms with Crippen LogP contribution in [0.15, 0.2) is 94.4 Å². The Labute approximate surface area is 215 Å². The summed E-state index contributed by atoms with van der Waals surface area (Å²) in [5.74, 6) is 8.96. The van der Waals surface area contributed by atoms with Gasteiger partial charge >= 0.3 is 0 Å². The smallest absolute Gasteiger partial charge is 0.264 e. The van der Waals surface area contributed by atoms with Gasteiger partial charge in [0.25, 0.3) is 5.84 Å². The van der Waals surface area contributed by atoms with E-state index in [2.05, 4.69) is 39.9 Å². The van der Waals surface area contributed by atoms with Gasteiger partial charge < -0.3 is 10.6 Å². The maximum atomic E-state index is 12.1. The largest absolute Gasteiger partial charge is 0.359 e. The van der Waals surface area contributed by atoms with Crippen LogP contribution in [-0.2, 0) is 4.79 Å². The van der Waals surface area contributed by atoms with Gasteiger partial charge in [0.15, 0.2) is 0 Å². The third-order valence-corrected chi connectivity index (χ3v) is 7.55. The number of hydrogen-bond acceptors (Lipinski definition) is 6. The highest BCUT2D eigenvalue weighted by Gasteiger charge is 2.46. The minimum Gasteiger partial charge on any atom is -0.359 e. The number of hydrogen-bond donors (Lipinski definition) is 3. The van der Waals surface area contributed by atoms with E-state index in [1.165, 1.54) is 0 Å². The maximum absolute atomic E-state index is 12.1. The molecule has 1 atom stereocenters. The quantitative estimate of drug-likeness (QED) is 0.353. The summed E-state index contributed by atoms with van der Waals surface area (Å²) in [5, 5.41) is 7.20. The number of pyridine rings is 1. The summed E-state index contributed by atoms with van der Waals surface area (Å²) in [4.78, 5) is 26.5. The molecule has 3 aliphatic rings. The molecule has 37 heavy (non-hydrogen) atoms. The van der Waals surface area contributed by atoms with E-state index in [-0.39, 0.29) is 22.3 Å². The Morgan fingerprint density at radius 3 is 2.59 bits per heavy atom. The van der Waals surface area contributed by atoms with Crippen LogP contribution in [0.25, 0.3) is 10.9 Å². The van der Waals surface area contributed by atoms with Crippen LogP contribution >= 0.6 is 0 Å². The summed E-state index contributed by atoms with van der Waals surface area (Å²) in [6.07, 6.45) is 8.94. The molecule has 3 heterocycles. The van der Waals surface area contributed by atoms with Crippen LogP contribution in [0.2, 0.25) is 0 Å². The molecule has 2 aliphatic heterocycles. The molecule has 0 radical (unpaired) electrons. The number of quaternary nitrogens is 1. The average molecular weight is 493 g/mol. The Balaban J connectivity index is 1.33. The van der Waals surface area contributed by atoms with Gasteiger partial charge in [-0.15, -0.1) is 4.59 Å². The number of anilines is 2. The monoisotopic (exact) mass is 492 g/mol. The van der Waals surface area contributed by atoms with Gasteiger partial charge in [0.1, 0.15) is 17.7 Å². The van der Waals surface area contributed by atoms with Crippen molar-refractivity contribution < 1.29 is 9.39 Å². The summed E-state index contributed by atoms with van der Waals surface area (Å²) < 4.78 is -0.0122. The zero-order valence-electron chi connectivity index (χ0n) is 20.8. The number of carbonyl (C=O) groups excluding carboxylic acids is 1. The summed E-state index contributed by atoms with van der Waals surface area (Å²) in [5.41, 5.74) is 4.65. The highest BCUT2D eigenvalue weighted by Crippen LogP contribution is 2.41. The summed E-state index contributed by atoms with van der Waals surface area (Å²) in [7, 11) is 1.71. The molecule has 0 bridgehead atoms. The second-order valence-corrected chi connectivity index (χ2v) is 9.82. The number of allylic oxidation sites excluding steroid dienone is 2. The molecule has 1 aromatic heterocycles. The molecule has 6 rings (SSSR count). The van der Waals surface area contributed by atoms with Crippen molar-refractivity contribution in [2.24, 2.45) is 27.7 Å². The predicted octanol–water partition coefficient (Wildman–Crippen LogP) is 4.75. The fraction of sp³-hybridized carbons (Fsp3) is 0.241. The van der Waals surface area contributed by atoms with Gasteiger partial charge in [0.05, 0.1) is 23.5 Å². The lowest BCUT2D eigenvalue weighted by atomic mass is 9.79. The van der Waals surface area contributed by atoms with Gasteiger partial charge in [0.2, 0.25) is 11.6 Å². The number of fused-ring (bicyclic) bond motifs is 2. The fourth-order valence-corrected chi connectivity index (χ4v) is 5.53. The number of benzene rings is 2. The zero-order chi connectivity index (χ0) is 25.4. The molecule has 1 saturated carbocycles. The molecule has 1 amide bonds. The number of rotatable bonds is 5. The Bertz CT molecular complexity index is 1480. The fourth-order valence-electron chi connectivity index (χ4n) is 5.53. The summed E-state index contributed by atoms with van der Waals surface area (Å²) in [6.45, 7) is 0. The maximum Gasteiger partial charge on any atom is 0.264 e. The minimum absolute atomic E-state index is 0.0122. The lowest BCUT2D eigenvalue weighted by molar-refractivity contribution is -0.750. The normalized spacial score (nSPS) is 24.6. The molecule has 0 saturated heterocycles. The van der Waals surface area contributed by atoms with E-state index in [4.69, 9.17) is 15.8 Å². The number of nitrogens with two attached hydrogens (primary N) is 1. The van der Waals surface area contributed by atoms with Crippen LogP contribution in [-0.4, -0.2) is 34.6 Å². The summed E-state index contributed by atoms with van der Waals surface area (Å²) >= 11 is 0. The number of carbonyl (C=O) groups is 1. The molecular formula is C29H30N7O+. The molecule has 1 fully saturated rings. The second-order valence-electron chi connectivity index (χ2n) is 9.82. The highest BCUT2D eigenvalue weighted by molar-refractivity contribution is 6.02. The summed E-state index contributed by atoms with van der Waals surface area (Å²) in [6, 6.07) is 20.2. The number of amides is 1. The van der Waals surface area contributed by atoms with E-state index >= 15 is 0 Å². The molecule has 2 aromatic carbocycles. The van der Waals surface area contributed by atoms with E-state index in [1.54, 1.807) is 13.2 Å². The Morgan fingerprint density at radius 2 is 1.81 bits per heavy atom. The zero-order valence-corrected chi connectivity index (χ0v) is 20.8.